The number of aryl methyl sites for hydroxylation is 2. The Morgan fingerprint density at radius 2 is 2.31 bits per heavy atom. The molecule has 0 aromatic carbocycles. The van der Waals surface area contributed by atoms with Crippen LogP contribution in [0.25, 0.3) is 0 Å². The highest BCUT2D eigenvalue weighted by Crippen LogP contribution is 1.99. The van der Waals surface area contributed by atoms with Crippen LogP contribution in [0, 0.1) is 6.92 Å². The number of aliphatic carboxylic acids is 1. The maximum Gasteiger partial charge on any atom is 0.332 e. The second kappa shape index (κ2) is 5.81. The molecule has 1 rings (SSSR count). The molecule has 1 heterocycles. The van der Waals surface area contributed by atoms with Crippen molar-refractivity contribution in [1.29, 1.82) is 0 Å². The lowest BCUT2D eigenvalue weighted by Gasteiger charge is -2.01. The smallest absolute Gasteiger partial charge is 0.332 e. The first-order valence-corrected chi connectivity index (χ1v) is 4.49. The number of aromatic nitrogens is 2. The van der Waals surface area contributed by atoms with Crippen LogP contribution in [0.3, 0.4) is 0 Å². The fourth-order valence-electron chi connectivity index (χ4n) is 0.891. The maximum absolute atomic E-state index is 11.1. The van der Waals surface area contributed by atoms with Gasteiger partial charge in [0, 0.05) is 12.8 Å². The molecule has 0 fully saturated rings. The molecular weight excluding hydrogens is 218 g/mol. The number of carbonyl (C=O) groups is 2. The number of rotatable bonds is 6. The van der Waals surface area contributed by atoms with Gasteiger partial charge in [-0.05, 0) is 6.92 Å². The van der Waals surface area contributed by atoms with E-state index >= 15 is 0 Å². The molecule has 0 aliphatic carbocycles. The van der Waals surface area contributed by atoms with Gasteiger partial charge in [0.1, 0.15) is 0 Å². The molecule has 1 aromatic rings. The lowest BCUT2D eigenvalue weighted by Crippen LogP contribution is -2.26. The van der Waals surface area contributed by atoms with Gasteiger partial charge in [-0.3, -0.25) is 9.63 Å². The number of nitrogens with one attached hydrogen (secondary N) is 1. The Bertz CT molecular complexity index is 376. The fourth-order valence-corrected chi connectivity index (χ4v) is 0.891. The van der Waals surface area contributed by atoms with Crippen molar-refractivity contribution in [2.24, 2.45) is 0 Å². The molecule has 1 aromatic heterocycles. The number of hydrogen-bond donors (Lipinski definition) is 2. The zero-order valence-electron chi connectivity index (χ0n) is 8.60. The summed E-state index contributed by atoms with van der Waals surface area (Å²) in [6.07, 6.45) is 0.365. The molecule has 2 N–H and O–H groups in total. The van der Waals surface area contributed by atoms with E-state index in [1.807, 2.05) is 5.48 Å². The minimum Gasteiger partial charge on any atom is -0.479 e. The van der Waals surface area contributed by atoms with E-state index in [0.29, 0.717) is 11.7 Å². The highest BCUT2D eigenvalue weighted by Gasteiger charge is 2.07. The van der Waals surface area contributed by atoms with E-state index in [-0.39, 0.29) is 12.8 Å². The Hall–Kier alpha value is -1.96. The molecule has 0 aliphatic rings. The monoisotopic (exact) mass is 229 g/mol. The van der Waals surface area contributed by atoms with E-state index in [9.17, 15) is 9.59 Å². The van der Waals surface area contributed by atoms with Crippen LogP contribution in [-0.2, 0) is 20.8 Å². The molecular formula is C8H11N3O5. The highest BCUT2D eigenvalue weighted by atomic mass is 16.7. The second-order valence-electron chi connectivity index (χ2n) is 2.94. The average molecular weight is 229 g/mol. The van der Waals surface area contributed by atoms with Crippen molar-refractivity contribution in [3.05, 3.63) is 11.7 Å². The van der Waals surface area contributed by atoms with E-state index in [4.69, 9.17) is 9.63 Å². The zero-order valence-corrected chi connectivity index (χ0v) is 8.60. The van der Waals surface area contributed by atoms with Gasteiger partial charge in [-0.1, -0.05) is 5.16 Å². The summed E-state index contributed by atoms with van der Waals surface area (Å²) in [5.74, 6) is -0.756. The number of carboxylic acid groups (broad SMARTS) is 1. The van der Waals surface area contributed by atoms with Gasteiger partial charge in [-0.15, -0.1) is 0 Å². The summed E-state index contributed by atoms with van der Waals surface area (Å²) in [6.45, 7) is 1.09. The predicted octanol–water partition coefficient (Wildman–Crippen LogP) is -0.557. The van der Waals surface area contributed by atoms with Crippen LogP contribution in [0.2, 0.25) is 0 Å². The number of carboxylic acids is 1. The van der Waals surface area contributed by atoms with Crippen LogP contribution < -0.4 is 5.48 Å². The third kappa shape index (κ3) is 4.51. The number of hydroxylamine groups is 1. The summed E-state index contributed by atoms with van der Waals surface area (Å²) in [6, 6.07) is 0. The largest absolute Gasteiger partial charge is 0.479 e. The van der Waals surface area contributed by atoms with Crippen molar-refractivity contribution >= 4 is 11.9 Å². The Morgan fingerprint density at radius 1 is 1.56 bits per heavy atom. The Labute approximate surface area is 90.5 Å². The minimum absolute atomic E-state index is 0.0846. The third-order valence-corrected chi connectivity index (χ3v) is 1.52. The molecule has 0 atom stereocenters. The van der Waals surface area contributed by atoms with Crippen molar-refractivity contribution in [2.45, 2.75) is 19.8 Å². The van der Waals surface area contributed by atoms with Gasteiger partial charge in [0.05, 0.1) is 0 Å². The Kier molecular flexibility index (Phi) is 4.40. The average Bonchev–Trinajstić information content (AvgIpc) is 2.61. The molecule has 0 spiro atoms. The van der Waals surface area contributed by atoms with Gasteiger partial charge >= 0.3 is 5.97 Å². The number of hydrogen-bond acceptors (Lipinski definition) is 6. The summed E-state index contributed by atoms with van der Waals surface area (Å²) < 4.78 is 4.78. The van der Waals surface area contributed by atoms with Crippen LogP contribution in [-0.4, -0.2) is 33.7 Å². The van der Waals surface area contributed by atoms with E-state index in [1.54, 1.807) is 6.92 Å². The molecule has 8 heteroatoms. The van der Waals surface area contributed by atoms with Crippen molar-refractivity contribution in [1.82, 2.24) is 15.6 Å². The maximum atomic E-state index is 11.1. The summed E-state index contributed by atoms with van der Waals surface area (Å²) in [5, 5.41) is 11.8. The van der Waals surface area contributed by atoms with Crippen LogP contribution >= 0.6 is 0 Å². The number of nitrogens with zero attached hydrogens (tertiary/aromatic N) is 2. The quantitative estimate of drug-likeness (QED) is 0.628. The minimum atomic E-state index is -1.16. The summed E-state index contributed by atoms with van der Waals surface area (Å²) >= 11 is 0. The Balaban J connectivity index is 2.17. The summed E-state index contributed by atoms with van der Waals surface area (Å²) in [5.41, 5.74) is 1.98. The SMILES string of the molecule is Cc1noc(CCC(=O)NOCC(=O)O)n1. The second-order valence-corrected chi connectivity index (χ2v) is 2.94. The molecule has 88 valence electrons. The molecule has 16 heavy (non-hydrogen) atoms. The van der Waals surface area contributed by atoms with E-state index in [0.717, 1.165) is 0 Å². The lowest BCUT2D eigenvalue weighted by atomic mass is 10.3. The van der Waals surface area contributed by atoms with Gasteiger partial charge in [0.2, 0.25) is 11.8 Å². The first kappa shape index (κ1) is 12.1. The third-order valence-electron chi connectivity index (χ3n) is 1.52. The number of carbonyl (C=O) groups excluding carboxylic acids is 1. The van der Waals surface area contributed by atoms with E-state index in [1.165, 1.54) is 0 Å². The molecule has 8 nitrogen and oxygen atoms in total. The number of amides is 1. The van der Waals surface area contributed by atoms with Gasteiger partial charge in [0.25, 0.3) is 0 Å². The van der Waals surface area contributed by atoms with E-state index in [2.05, 4.69) is 15.0 Å². The fraction of sp³-hybridized carbons (Fsp3) is 0.500. The topological polar surface area (TPSA) is 115 Å². The highest BCUT2D eigenvalue weighted by molar-refractivity contribution is 5.75. The van der Waals surface area contributed by atoms with Gasteiger partial charge in [-0.2, -0.15) is 4.98 Å². The summed E-state index contributed by atoms with van der Waals surface area (Å²) in [4.78, 5) is 29.4. The molecule has 0 unspecified atom stereocenters. The lowest BCUT2D eigenvalue weighted by molar-refractivity contribution is -0.149. The Morgan fingerprint density at radius 3 is 2.88 bits per heavy atom. The molecule has 0 saturated heterocycles. The van der Waals surface area contributed by atoms with Crippen LogP contribution in [0.4, 0.5) is 0 Å². The molecule has 1 amide bonds. The standard InChI is InChI=1S/C8H11N3O5/c1-5-9-7(16-10-5)3-2-6(12)11-15-4-8(13)14/h2-4H2,1H3,(H,11,12)(H,13,14). The van der Waals surface area contributed by atoms with Gasteiger partial charge < -0.3 is 9.63 Å². The predicted molar refractivity (Wildman–Crippen MR) is 49.1 cm³/mol. The van der Waals surface area contributed by atoms with E-state index < -0.39 is 18.5 Å². The van der Waals surface area contributed by atoms with Crippen LogP contribution in [0.15, 0.2) is 4.52 Å². The first-order chi connectivity index (χ1) is 7.58. The van der Waals surface area contributed by atoms with Crippen molar-refractivity contribution in [3.8, 4) is 0 Å². The summed E-state index contributed by atoms with van der Waals surface area (Å²) in [7, 11) is 0. The van der Waals surface area contributed by atoms with Crippen LogP contribution in [0.5, 0.6) is 0 Å². The van der Waals surface area contributed by atoms with Gasteiger partial charge in [-0.25, -0.2) is 10.3 Å². The van der Waals surface area contributed by atoms with Crippen molar-refractivity contribution < 1.29 is 24.1 Å². The zero-order chi connectivity index (χ0) is 12.0. The molecule has 0 aliphatic heterocycles. The van der Waals surface area contributed by atoms with Crippen LogP contribution in [0.1, 0.15) is 18.1 Å². The molecule has 0 radical (unpaired) electrons. The normalized spacial score (nSPS) is 10.1. The van der Waals surface area contributed by atoms with Gasteiger partial charge in [0.15, 0.2) is 12.4 Å². The first-order valence-electron chi connectivity index (χ1n) is 4.49. The van der Waals surface area contributed by atoms with Crippen molar-refractivity contribution in [2.75, 3.05) is 6.61 Å². The van der Waals surface area contributed by atoms with Crippen molar-refractivity contribution in [3.63, 3.8) is 0 Å². The molecule has 0 saturated carbocycles. The molecule has 0 bridgehead atoms.